The molecule has 142 valence electrons. The van der Waals surface area contributed by atoms with Gasteiger partial charge in [-0.3, -0.25) is 0 Å². The van der Waals surface area contributed by atoms with Gasteiger partial charge in [-0.25, -0.2) is 0 Å². The molecule has 8 heteroatoms. The number of hydrogen-bond donors (Lipinski definition) is 0. The van der Waals surface area contributed by atoms with Gasteiger partial charge in [-0.2, -0.15) is 10.2 Å². The number of aromatic nitrogens is 2. The Kier molecular flexibility index (Phi) is 6.14. The number of halogens is 1. The number of rotatable bonds is 7. The molecule has 0 bridgehead atoms. The molecular formula is C20H16ClN3O4. The summed E-state index contributed by atoms with van der Waals surface area (Å²) in [7, 11) is 3.13. The van der Waals surface area contributed by atoms with Crippen LogP contribution in [0.5, 0.6) is 17.2 Å². The van der Waals surface area contributed by atoms with Gasteiger partial charge in [0.25, 0.3) is 5.89 Å². The normalized spacial score (nSPS) is 11.0. The van der Waals surface area contributed by atoms with Gasteiger partial charge in [0.15, 0.2) is 6.61 Å². The predicted molar refractivity (Wildman–Crippen MR) is 104 cm³/mol. The van der Waals surface area contributed by atoms with E-state index in [2.05, 4.69) is 10.1 Å². The standard InChI is InChI=1S/C20H16ClN3O4/c1-25-15-7-8-16(18(12-15)26-2)19-23-20(28-24-19)17(21)11-13-3-5-14(6-4-13)27-10-9-22/h3-8,11-12H,10H2,1-2H3/b17-11-. The third-order valence-corrected chi connectivity index (χ3v) is 4.03. The van der Waals surface area contributed by atoms with E-state index in [0.29, 0.717) is 28.6 Å². The van der Waals surface area contributed by atoms with Crippen LogP contribution in [0.2, 0.25) is 0 Å². The Labute approximate surface area is 166 Å². The molecule has 0 atom stereocenters. The molecule has 0 saturated heterocycles. The highest BCUT2D eigenvalue weighted by Crippen LogP contribution is 2.32. The first kappa shape index (κ1) is 19.3. The molecule has 0 aliphatic heterocycles. The molecule has 0 aliphatic carbocycles. The third kappa shape index (κ3) is 4.42. The Balaban J connectivity index is 1.81. The van der Waals surface area contributed by atoms with Crippen molar-refractivity contribution >= 4 is 22.7 Å². The first-order valence-electron chi connectivity index (χ1n) is 8.18. The molecule has 3 aromatic rings. The van der Waals surface area contributed by atoms with Crippen molar-refractivity contribution in [2.45, 2.75) is 0 Å². The molecule has 2 aromatic carbocycles. The van der Waals surface area contributed by atoms with Crippen LogP contribution >= 0.6 is 11.6 Å². The number of nitriles is 1. The molecule has 0 spiro atoms. The molecule has 0 amide bonds. The monoisotopic (exact) mass is 397 g/mol. The van der Waals surface area contributed by atoms with Gasteiger partial charge in [-0.05, 0) is 35.9 Å². The van der Waals surface area contributed by atoms with E-state index in [9.17, 15) is 0 Å². The Morgan fingerprint density at radius 1 is 1.14 bits per heavy atom. The molecule has 1 heterocycles. The van der Waals surface area contributed by atoms with Crippen LogP contribution in [0.25, 0.3) is 22.5 Å². The van der Waals surface area contributed by atoms with Crippen LogP contribution in [0.1, 0.15) is 11.5 Å². The van der Waals surface area contributed by atoms with Crippen LogP contribution < -0.4 is 14.2 Å². The summed E-state index contributed by atoms with van der Waals surface area (Å²) in [6.07, 6.45) is 1.69. The first-order chi connectivity index (χ1) is 13.6. The Hall–Kier alpha value is -3.50. The molecule has 28 heavy (non-hydrogen) atoms. The first-order valence-corrected chi connectivity index (χ1v) is 8.56. The van der Waals surface area contributed by atoms with Gasteiger partial charge in [0.1, 0.15) is 28.4 Å². The fourth-order valence-corrected chi connectivity index (χ4v) is 2.60. The van der Waals surface area contributed by atoms with Crippen LogP contribution in [0.4, 0.5) is 0 Å². The Morgan fingerprint density at radius 3 is 2.57 bits per heavy atom. The summed E-state index contributed by atoms with van der Waals surface area (Å²) in [4.78, 5) is 4.34. The van der Waals surface area contributed by atoms with Gasteiger partial charge in [0.2, 0.25) is 5.82 Å². The van der Waals surface area contributed by atoms with E-state index in [0.717, 1.165) is 5.56 Å². The largest absolute Gasteiger partial charge is 0.497 e. The van der Waals surface area contributed by atoms with Crippen molar-refractivity contribution in [3.63, 3.8) is 0 Å². The van der Waals surface area contributed by atoms with E-state index < -0.39 is 0 Å². The van der Waals surface area contributed by atoms with Gasteiger partial charge in [-0.1, -0.05) is 28.9 Å². The van der Waals surface area contributed by atoms with Crippen LogP contribution in [0.15, 0.2) is 47.0 Å². The summed E-state index contributed by atoms with van der Waals surface area (Å²) >= 11 is 6.33. The van der Waals surface area contributed by atoms with E-state index in [-0.39, 0.29) is 17.5 Å². The number of nitrogens with zero attached hydrogens (tertiary/aromatic N) is 3. The van der Waals surface area contributed by atoms with E-state index in [1.165, 1.54) is 0 Å². The molecule has 3 rings (SSSR count). The van der Waals surface area contributed by atoms with Gasteiger partial charge in [0, 0.05) is 6.07 Å². The lowest BCUT2D eigenvalue weighted by Gasteiger charge is -2.07. The van der Waals surface area contributed by atoms with Gasteiger partial charge in [-0.15, -0.1) is 0 Å². The van der Waals surface area contributed by atoms with Crippen molar-refractivity contribution in [3.8, 4) is 34.7 Å². The second kappa shape index (κ2) is 8.93. The number of ether oxygens (including phenoxy) is 3. The summed E-state index contributed by atoms with van der Waals surface area (Å²) in [6, 6.07) is 14.3. The second-order valence-corrected chi connectivity index (χ2v) is 5.90. The quantitative estimate of drug-likeness (QED) is 0.583. The van der Waals surface area contributed by atoms with Crippen molar-refractivity contribution < 1.29 is 18.7 Å². The van der Waals surface area contributed by atoms with Crippen molar-refractivity contribution in [3.05, 3.63) is 53.9 Å². The summed E-state index contributed by atoms with van der Waals surface area (Å²) in [5.41, 5.74) is 1.47. The molecule has 0 aliphatic rings. The molecule has 0 radical (unpaired) electrons. The average Bonchev–Trinajstić information content (AvgIpc) is 3.23. The number of benzene rings is 2. The van der Waals surface area contributed by atoms with E-state index >= 15 is 0 Å². The molecule has 0 unspecified atom stereocenters. The molecule has 0 fully saturated rings. The van der Waals surface area contributed by atoms with E-state index in [4.69, 9.17) is 35.6 Å². The highest BCUT2D eigenvalue weighted by Gasteiger charge is 2.16. The smallest absolute Gasteiger partial charge is 0.269 e. The van der Waals surface area contributed by atoms with E-state index in [1.54, 1.807) is 62.8 Å². The minimum Gasteiger partial charge on any atom is -0.497 e. The minimum absolute atomic E-state index is 0.00444. The van der Waals surface area contributed by atoms with Crippen molar-refractivity contribution in [2.24, 2.45) is 0 Å². The Bertz CT molecular complexity index is 1020. The Morgan fingerprint density at radius 2 is 1.89 bits per heavy atom. The van der Waals surface area contributed by atoms with Crippen LogP contribution in [-0.2, 0) is 0 Å². The van der Waals surface area contributed by atoms with Gasteiger partial charge < -0.3 is 18.7 Å². The molecule has 7 nitrogen and oxygen atoms in total. The van der Waals surface area contributed by atoms with Gasteiger partial charge >= 0.3 is 0 Å². The summed E-state index contributed by atoms with van der Waals surface area (Å²) in [6.45, 7) is -0.00444. The lowest BCUT2D eigenvalue weighted by atomic mass is 10.2. The highest BCUT2D eigenvalue weighted by molar-refractivity contribution is 6.50. The minimum atomic E-state index is -0.00444. The molecule has 0 N–H and O–H groups in total. The predicted octanol–water partition coefficient (Wildman–Crippen LogP) is 4.39. The van der Waals surface area contributed by atoms with Gasteiger partial charge in [0.05, 0.1) is 19.8 Å². The summed E-state index contributed by atoms with van der Waals surface area (Å²) in [5.74, 6) is 2.34. The molecular weight excluding hydrogens is 382 g/mol. The molecule has 1 aromatic heterocycles. The number of methoxy groups -OCH3 is 2. The zero-order valence-corrected chi connectivity index (χ0v) is 15.9. The van der Waals surface area contributed by atoms with Crippen LogP contribution in [-0.4, -0.2) is 31.0 Å². The second-order valence-electron chi connectivity index (χ2n) is 5.50. The van der Waals surface area contributed by atoms with Crippen molar-refractivity contribution in [1.82, 2.24) is 10.1 Å². The SMILES string of the molecule is COc1ccc(-c2noc(/C(Cl)=C/c3ccc(OCC#N)cc3)n2)c(OC)c1. The number of hydrogen-bond acceptors (Lipinski definition) is 7. The molecule has 0 saturated carbocycles. The fourth-order valence-electron chi connectivity index (χ4n) is 2.40. The highest BCUT2D eigenvalue weighted by atomic mass is 35.5. The maximum absolute atomic E-state index is 8.53. The maximum Gasteiger partial charge on any atom is 0.269 e. The maximum atomic E-state index is 8.53. The lowest BCUT2D eigenvalue weighted by molar-refractivity contribution is 0.368. The zero-order chi connectivity index (χ0) is 19.9. The third-order valence-electron chi connectivity index (χ3n) is 3.76. The fraction of sp³-hybridized carbons (Fsp3) is 0.150. The van der Waals surface area contributed by atoms with Crippen molar-refractivity contribution in [2.75, 3.05) is 20.8 Å². The summed E-state index contributed by atoms with van der Waals surface area (Å²) in [5, 5.41) is 12.8. The average molecular weight is 398 g/mol. The van der Waals surface area contributed by atoms with Crippen LogP contribution in [0, 0.1) is 11.3 Å². The lowest BCUT2D eigenvalue weighted by Crippen LogP contribution is -1.92. The van der Waals surface area contributed by atoms with E-state index in [1.807, 2.05) is 6.07 Å². The zero-order valence-electron chi connectivity index (χ0n) is 15.2. The summed E-state index contributed by atoms with van der Waals surface area (Å²) < 4.78 is 21.0. The topological polar surface area (TPSA) is 90.4 Å². The van der Waals surface area contributed by atoms with Crippen LogP contribution in [0.3, 0.4) is 0 Å². The van der Waals surface area contributed by atoms with Crippen molar-refractivity contribution in [1.29, 1.82) is 5.26 Å².